The molecule has 0 aliphatic heterocycles. The second-order valence-electron chi connectivity index (χ2n) is 5.34. The smallest absolute Gasteiger partial charge is 0.439 e. The monoisotopic (exact) mass is 263 g/mol. The van der Waals surface area contributed by atoms with E-state index in [1.807, 2.05) is 45.9 Å². The summed E-state index contributed by atoms with van der Waals surface area (Å²) in [7, 11) is 0. The molecule has 4 heteroatoms. The molecule has 0 heterocycles. The summed E-state index contributed by atoms with van der Waals surface area (Å²) in [4.78, 5) is 17.6. The van der Waals surface area contributed by atoms with Gasteiger partial charge in [0, 0.05) is 0 Å². The summed E-state index contributed by atoms with van der Waals surface area (Å²) in [6.07, 6.45) is -0.542. The van der Waals surface area contributed by atoms with Crippen molar-refractivity contribution in [2.45, 2.75) is 33.3 Å². The zero-order chi connectivity index (χ0) is 14.5. The Balaban J connectivity index is 2.86. The highest BCUT2D eigenvalue weighted by molar-refractivity contribution is 5.85. The average Bonchev–Trinajstić information content (AvgIpc) is 2.27. The molecular formula is C15H21NO3. The molecule has 0 N–H and O–H groups in total. The van der Waals surface area contributed by atoms with Crippen molar-refractivity contribution < 1.29 is 14.4 Å². The first-order chi connectivity index (χ1) is 8.79. The summed E-state index contributed by atoms with van der Waals surface area (Å²) in [5, 5.41) is 1.15. The number of amides is 1. The Hall–Kier alpha value is -1.81. The van der Waals surface area contributed by atoms with Gasteiger partial charge in [0.25, 0.3) is 0 Å². The topological polar surface area (TPSA) is 38.8 Å². The van der Waals surface area contributed by atoms with E-state index < -0.39 is 11.7 Å². The fourth-order valence-corrected chi connectivity index (χ4v) is 1.27. The summed E-state index contributed by atoms with van der Waals surface area (Å²) in [5.41, 5.74) is 0.874. The van der Waals surface area contributed by atoms with Crippen LogP contribution in [-0.4, -0.2) is 18.3 Å². The van der Waals surface area contributed by atoms with Gasteiger partial charge in [-0.3, -0.25) is 4.84 Å². The molecule has 0 atom stereocenters. The van der Waals surface area contributed by atoms with Crippen LogP contribution in [0.3, 0.4) is 0 Å². The molecule has 0 aliphatic carbocycles. The number of carbonyl (C=O) groups excluding carboxylic acids is 1. The van der Waals surface area contributed by atoms with Gasteiger partial charge in [-0.25, -0.2) is 4.79 Å². The normalized spacial score (nSPS) is 10.9. The predicted octanol–water partition coefficient (Wildman–Crippen LogP) is 3.94. The van der Waals surface area contributed by atoms with Crippen molar-refractivity contribution in [1.29, 1.82) is 0 Å². The molecule has 1 rings (SSSR count). The molecule has 0 fully saturated rings. The lowest BCUT2D eigenvalue weighted by molar-refractivity contribution is 0.0268. The fraction of sp³-hybridized carbons (Fsp3) is 0.400. The maximum absolute atomic E-state index is 12.1. The summed E-state index contributed by atoms with van der Waals surface area (Å²) in [5.74, 6) is 0. The Morgan fingerprint density at radius 3 is 2.32 bits per heavy atom. The van der Waals surface area contributed by atoms with Gasteiger partial charge >= 0.3 is 6.09 Å². The first-order valence-electron chi connectivity index (χ1n) is 6.15. The van der Waals surface area contributed by atoms with Crippen molar-refractivity contribution in [1.82, 2.24) is 0 Å². The summed E-state index contributed by atoms with van der Waals surface area (Å²) in [6, 6.07) is 9.09. The minimum Gasteiger partial charge on any atom is -0.442 e. The number of hydrogen-bond donors (Lipinski definition) is 0. The first kappa shape index (κ1) is 15.2. The molecule has 104 valence electrons. The van der Waals surface area contributed by atoms with Gasteiger partial charge in [0.2, 0.25) is 0 Å². The molecule has 0 aromatic heterocycles. The molecule has 0 radical (unpaired) electrons. The number of ether oxygens (including phenoxy) is 1. The molecule has 0 spiro atoms. The van der Waals surface area contributed by atoms with E-state index in [4.69, 9.17) is 9.57 Å². The summed E-state index contributed by atoms with van der Waals surface area (Å²) >= 11 is 0. The maximum atomic E-state index is 12.1. The average molecular weight is 263 g/mol. The third-order valence-corrected chi connectivity index (χ3v) is 1.99. The van der Waals surface area contributed by atoms with Crippen molar-refractivity contribution in [3.05, 3.63) is 42.5 Å². The molecule has 1 aromatic rings. The number of benzene rings is 1. The van der Waals surface area contributed by atoms with Crippen LogP contribution in [0.4, 0.5) is 10.5 Å². The highest BCUT2D eigenvalue weighted by atomic mass is 16.7. The minimum absolute atomic E-state index is 0.258. The van der Waals surface area contributed by atoms with Crippen LogP contribution in [0.15, 0.2) is 42.5 Å². The van der Waals surface area contributed by atoms with Crippen LogP contribution < -0.4 is 5.06 Å². The van der Waals surface area contributed by atoms with Crippen molar-refractivity contribution in [2.75, 3.05) is 11.7 Å². The number of rotatable bonds is 4. The van der Waals surface area contributed by atoms with Crippen molar-refractivity contribution in [3.8, 4) is 0 Å². The Labute approximate surface area is 114 Å². The van der Waals surface area contributed by atoms with Crippen LogP contribution in [0, 0.1) is 0 Å². The van der Waals surface area contributed by atoms with E-state index in [1.165, 1.54) is 0 Å². The Kier molecular flexibility index (Phi) is 5.12. The summed E-state index contributed by atoms with van der Waals surface area (Å²) in [6.45, 7) is 11.3. The quantitative estimate of drug-likeness (QED) is 0.610. The van der Waals surface area contributed by atoms with Crippen molar-refractivity contribution in [2.24, 2.45) is 0 Å². The third-order valence-electron chi connectivity index (χ3n) is 1.99. The van der Waals surface area contributed by atoms with Crippen LogP contribution in [0.25, 0.3) is 0 Å². The number of hydroxylamine groups is 1. The largest absolute Gasteiger partial charge is 0.442 e. The maximum Gasteiger partial charge on any atom is 0.439 e. The number of nitrogens with zero attached hydrogens (tertiary/aromatic N) is 1. The van der Waals surface area contributed by atoms with Crippen LogP contribution in [0.5, 0.6) is 0 Å². The Morgan fingerprint density at radius 1 is 1.26 bits per heavy atom. The standard InChI is InChI=1S/C15H21NO3/c1-12(2)11-18-16(13-9-7-6-8-10-13)14(17)19-15(3,4)5/h6-10H,1,11H2,2-5H3. The molecular weight excluding hydrogens is 242 g/mol. The van der Waals surface area contributed by atoms with Crippen LogP contribution in [0.1, 0.15) is 27.7 Å². The van der Waals surface area contributed by atoms with Gasteiger partial charge in [-0.2, -0.15) is 5.06 Å². The number of hydrogen-bond acceptors (Lipinski definition) is 3. The molecule has 0 aliphatic rings. The molecule has 0 saturated heterocycles. The lowest BCUT2D eigenvalue weighted by atomic mass is 10.2. The minimum atomic E-state index is -0.573. The SMILES string of the molecule is C=C(C)CON(C(=O)OC(C)(C)C)c1ccccc1. The van der Waals surface area contributed by atoms with Gasteiger partial charge in [0.05, 0.1) is 12.3 Å². The molecule has 0 saturated carbocycles. The van der Waals surface area contributed by atoms with Gasteiger partial charge < -0.3 is 4.74 Å². The van der Waals surface area contributed by atoms with E-state index in [-0.39, 0.29) is 6.61 Å². The second-order valence-corrected chi connectivity index (χ2v) is 5.34. The van der Waals surface area contributed by atoms with Gasteiger partial charge in [-0.1, -0.05) is 30.4 Å². The van der Waals surface area contributed by atoms with Gasteiger partial charge in [-0.15, -0.1) is 0 Å². The van der Waals surface area contributed by atoms with Crippen LogP contribution >= 0.6 is 0 Å². The van der Waals surface area contributed by atoms with Crippen molar-refractivity contribution in [3.63, 3.8) is 0 Å². The lowest BCUT2D eigenvalue weighted by Gasteiger charge is -2.26. The molecule has 4 nitrogen and oxygen atoms in total. The van der Waals surface area contributed by atoms with E-state index in [0.717, 1.165) is 10.6 Å². The Morgan fingerprint density at radius 2 is 1.84 bits per heavy atom. The van der Waals surface area contributed by atoms with Gasteiger partial charge in [0.15, 0.2) is 0 Å². The fourth-order valence-electron chi connectivity index (χ4n) is 1.27. The zero-order valence-corrected chi connectivity index (χ0v) is 12.0. The van der Waals surface area contributed by atoms with Gasteiger partial charge in [-0.05, 0) is 39.8 Å². The second kappa shape index (κ2) is 6.38. The highest BCUT2D eigenvalue weighted by Crippen LogP contribution is 2.18. The number of anilines is 1. The van der Waals surface area contributed by atoms with E-state index in [1.54, 1.807) is 12.1 Å². The zero-order valence-electron chi connectivity index (χ0n) is 12.0. The molecule has 0 bridgehead atoms. The first-order valence-corrected chi connectivity index (χ1v) is 6.15. The van der Waals surface area contributed by atoms with Crippen molar-refractivity contribution >= 4 is 11.8 Å². The molecule has 0 unspecified atom stereocenters. The molecule has 1 aromatic carbocycles. The Bertz CT molecular complexity index is 434. The number of carbonyl (C=O) groups is 1. The molecule has 19 heavy (non-hydrogen) atoms. The van der Waals surface area contributed by atoms with Crippen LogP contribution in [0.2, 0.25) is 0 Å². The third kappa shape index (κ3) is 5.57. The highest BCUT2D eigenvalue weighted by Gasteiger charge is 2.24. The van der Waals surface area contributed by atoms with E-state index in [0.29, 0.717) is 5.69 Å². The van der Waals surface area contributed by atoms with Crippen LogP contribution in [-0.2, 0) is 9.57 Å². The number of para-hydroxylation sites is 1. The van der Waals surface area contributed by atoms with E-state index >= 15 is 0 Å². The predicted molar refractivity (Wildman–Crippen MR) is 75.9 cm³/mol. The van der Waals surface area contributed by atoms with E-state index in [2.05, 4.69) is 6.58 Å². The molecule has 1 amide bonds. The van der Waals surface area contributed by atoms with E-state index in [9.17, 15) is 4.79 Å². The lowest BCUT2D eigenvalue weighted by Crippen LogP contribution is -2.37. The summed E-state index contributed by atoms with van der Waals surface area (Å²) < 4.78 is 5.32. The van der Waals surface area contributed by atoms with Gasteiger partial charge in [0.1, 0.15) is 5.60 Å².